The van der Waals surface area contributed by atoms with Crippen molar-refractivity contribution in [2.75, 3.05) is 6.61 Å². The van der Waals surface area contributed by atoms with Gasteiger partial charge in [-0.3, -0.25) is 4.18 Å². The molecule has 7 heteroatoms. The van der Waals surface area contributed by atoms with Crippen molar-refractivity contribution >= 4 is 33.3 Å². The van der Waals surface area contributed by atoms with Crippen LogP contribution in [0.15, 0.2) is 28.7 Å². The number of hydrogen-bond acceptors (Lipinski definition) is 4. The predicted octanol–water partition coefficient (Wildman–Crippen LogP) is 3.34. The van der Waals surface area contributed by atoms with Gasteiger partial charge in [0.15, 0.2) is 0 Å². The molecular weight excluding hydrogens is 346 g/mol. The molecule has 1 fully saturated rings. The number of hydrogen-bond donors (Lipinski definition) is 0. The quantitative estimate of drug-likeness (QED) is 0.769. The van der Waals surface area contributed by atoms with E-state index in [1.54, 1.807) is 20.8 Å². The number of ether oxygens (including phenoxy) is 1. The van der Waals surface area contributed by atoms with Crippen LogP contribution in [0.1, 0.15) is 32.4 Å². The lowest BCUT2D eigenvalue weighted by Crippen LogP contribution is -2.37. The lowest BCUT2D eigenvalue weighted by Gasteiger charge is -2.25. The Bertz CT molecular complexity index is 543. The van der Waals surface area contributed by atoms with Crippen LogP contribution in [0.25, 0.3) is 0 Å². The van der Waals surface area contributed by atoms with Crippen LogP contribution < -0.4 is 0 Å². The van der Waals surface area contributed by atoms with Crippen molar-refractivity contribution in [3.05, 3.63) is 34.3 Å². The van der Waals surface area contributed by atoms with Crippen molar-refractivity contribution in [1.82, 2.24) is 4.31 Å². The summed E-state index contributed by atoms with van der Waals surface area (Å²) in [7, 11) is 0. The van der Waals surface area contributed by atoms with E-state index in [4.69, 9.17) is 8.92 Å². The molecule has 0 spiro atoms. The first-order valence-electron chi connectivity index (χ1n) is 6.11. The van der Waals surface area contributed by atoms with E-state index in [1.807, 2.05) is 24.3 Å². The highest BCUT2D eigenvalue weighted by atomic mass is 79.9. The van der Waals surface area contributed by atoms with Gasteiger partial charge in [-0.05, 0) is 38.5 Å². The van der Waals surface area contributed by atoms with E-state index in [2.05, 4.69) is 15.9 Å². The van der Waals surface area contributed by atoms with Gasteiger partial charge >= 0.3 is 6.09 Å². The van der Waals surface area contributed by atoms with Gasteiger partial charge in [0.05, 0.1) is 6.61 Å². The molecule has 1 aromatic carbocycles. The molecule has 0 aliphatic carbocycles. The molecule has 0 N–H and O–H groups in total. The summed E-state index contributed by atoms with van der Waals surface area (Å²) in [5.41, 5.74) is 0.196. The van der Waals surface area contributed by atoms with Gasteiger partial charge in [-0.1, -0.05) is 28.1 Å². The maximum atomic E-state index is 12.2. The molecule has 2 atom stereocenters. The molecule has 2 rings (SSSR count). The Morgan fingerprint density at radius 2 is 2.20 bits per heavy atom. The maximum Gasteiger partial charge on any atom is 0.424 e. The maximum absolute atomic E-state index is 12.2. The lowest BCUT2D eigenvalue weighted by atomic mass is 10.1. The zero-order valence-electron chi connectivity index (χ0n) is 11.5. The van der Waals surface area contributed by atoms with E-state index in [-0.39, 0.29) is 6.61 Å². The molecule has 1 aromatic rings. The van der Waals surface area contributed by atoms with Gasteiger partial charge in [0.1, 0.15) is 11.6 Å². The van der Waals surface area contributed by atoms with Gasteiger partial charge in [-0.25, -0.2) is 9.00 Å². The van der Waals surface area contributed by atoms with E-state index in [9.17, 15) is 9.00 Å². The number of benzene rings is 1. The molecule has 110 valence electrons. The molecule has 1 saturated heterocycles. The Kier molecular flexibility index (Phi) is 4.51. The number of amides is 1. The minimum atomic E-state index is -1.82. The van der Waals surface area contributed by atoms with Gasteiger partial charge in [0.2, 0.25) is 0 Å². The number of rotatable bonds is 1. The van der Waals surface area contributed by atoms with Gasteiger partial charge in [-0.2, -0.15) is 4.31 Å². The van der Waals surface area contributed by atoms with Crippen molar-refractivity contribution in [1.29, 1.82) is 0 Å². The minimum absolute atomic E-state index is 0.183. The third kappa shape index (κ3) is 3.59. The first kappa shape index (κ1) is 15.5. The molecular formula is C13H16BrNO4S. The van der Waals surface area contributed by atoms with Crippen molar-refractivity contribution < 1.29 is 17.9 Å². The summed E-state index contributed by atoms with van der Waals surface area (Å²) in [5.74, 6) is 0. The van der Waals surface area contributed by atoms with Crippen LogP contribution in [0, 0.1) is 0 Å². The summed E-state index contributed by atoms with van der Waals surface area (Å²) < 4.78 is 24.3. The fraction of sp³-hybridized carbons (Fsp3) is 0.462. The van der Waals surface area contributed by atoms with Gasteiger partial charge in [0.25, 0.3) is 11.3 Å². The van der Waals surface area contributed by atoms with Crippen LogP contribution in [0.4, 0.5) is 4.79 Å². The van der Waals surface area contributed by atoms with Crippen LogP contribution in [0.3, 0.4) is 0 Å². The normalized spacial score (nSPS) is 22.9. The number of nitrogens with zero attached hydrogens (tertiary/aromatic N) is 1. The molecule has 20 heavy (non-hydrogen) atoms. The molecule has 1 amide bonds. The largest absolute Gasteiger partial charge is 0.443 e. The third-order valence-corrected chi connectivity index (χ3v) is 4.13. The highest BCUT2D eigenvalue weighted by Crippen LogP contribution is 2.32. The summed E-state index contributed by atoms with van der Waals surface area (Å²) in [6.07, 6.45) is -0.640. The second kappa shape index (κ2) is 5.83. The topological polar surface area (TPSA) is 55.8 Å². The van der Waals surface area contributed by atoms with E-state index in [0.717, 1.165) is 14.3 Å². The van der Waals surface area contributed by atoms with Crippen molar-refractivity contribution in [2.45, 2.75) is 32.4 Å². The van der Waals surface area contributed by atoms with E-state index in [1.165, 1.54) is 0 Å². The van der Waals surface area contributed by atoms with Crippen molar-refractivity contribution in [3.63, 3.8) is 0 Å². The summed E-state index contributed by atoms with van der Waals surface area (Å²) in [6.45, 7) is 5.47. The summed E-state index contributed by atoms with van der Waals surface area (Å²) in [4.78, 5) is 12.2. The third-order valence-electron chi connectivity index (χ3n) is 2.58. The lowest BCUT2D eigenvalue weighted by molar-refractivity contribution is 0.0361. The van der Waals surface area contributed by atoms with Gasteiger partial charge in [-0.15, -0.1) is 0 Å². The summed E-state index contributed by atoms with van der Waals surface area (Å²) in [5, 5.41) is 0. The van der Waals surface area contributed by atoms with E-state index < -0.39 is 29.0 Å². The molecule has 0 saturated carbocycles. The van der Waals surface area contributed by atoms with Crippen molar-refractivity contribution in [2.24, 2.45) is 0 Å². The zero-order chi connectivity index (χ0) is 14.9. The standard InChI is InChI=1S/C13H16BrNO4S/c1-13(2,3)19-12(16)15-11(8-18-20(15)17)9-5-4-6-10(14)7-9/h4-7,11H,8H2,1-3H3. The number of carbonyl (C=O) groups is 1. The minimum Gasteiger partial charge on any atom is -0.443 e. The highest BCUT2D eigenvalue weighted by Gasteiger charge is 2.40. The van der Waals surface area contributed by atoms with E-state index >= 15 is 0 Å². The van der Waals surface area contributed by atoms with Gasteiger partial charge < -0.3 is 4.74 Å². The number of halogens is 1. The van der Waals surface area contributed by atoms with Crippen LogP contribution in [-0.4, -0.2) is 26.8 Å². The first-order valence-corrected chi connectivity index (χ1v) is 7.93. The average Bonchev–Trinajstić information content (AvgIpc) is 2.69. The molecule has 1 aliphatic heterocycles. The van der Waals surface area contributed by atoms with Crippen LogP contribution in [0.5, 0.6) is 0 Å². The van der Waals surface area contributed by atoms with Crippen LogP contribution in [-0.2, 0) is 20.2 Å². The Labute approximate surface area is 129 Å². The summed E-state index contributed by atoms with van der Waals surface area (Å²) >= 11 is 1.56. The molecule has 0 radical (unpaired) electrons. The smallest absolute Gasteiger partial charge is 0.424 e. The second-order valence-electron chi connectivity index (χ2n) is 5.38. The zero-order valence-corrected chi connectivity index (χ0v) is 13.9. The molecule has 1 aliphatic rings. The molecule has 1 heterocycles. The van der Waals surface area contributed by atoms with Crippen LogP contribution >= 0.6 is 15.9 Å². The summed E-state index contributed by atoms with van der Waals surface area (Å²) in [6, 6.07) is 7.05. The Morgan fingerprint density at radius 1 is 1.50 bits per heavy atom. The molecule has 0 bridgehead atoms. The Hall–Kier alpha value is -0.920. The Balaban J connectivity index is 2.25. The first-order chi connectivity index (χ1) is 9.28. The van der Waals surface area contributed by atoms with E-state index in [0.29, 0.717) is 0 Å². The average molecular weight is 362 g/mol. The molecule has 5 nitrogen and oxygen atoms in total. The molecule has 0 aromatic heterocycles. The molecule has 2 unspecified atom stereocenters. The predicted molar refractivity (Wildman–Crippen MR) is 79.1 cm³/mol. The number of carbonyl (C=O) groups excluding carboxylic acids is 1. The van der Waals surface area contributed by atoms with Crippen LogP contribution in [0.2, 0.25) is 0 Å². The highest BCUT2D eigenvalue weighted by molar-refractivity contribution is 9.10. The Morgan fingerprint density at radius 3 is 2.80 bits per heavy atom. The fourth-order valence-electron chi connectivity index (χ4n) is 1.79. The monoisotopic (exact) mass is 361 g/mol. The second-order valence-corrected chi connectivity index (χ2v) is 7.36. The fourth-order valence-corrected chi connectivity index (χ4v) is 3.12. The van der Waals surface area contributed by atoms with Crippen molar-refractivity contribution in [3.8, 4) is 0 Å². The SMILES string of the molecule is CC(C)(C)OC(=O)N1C(c2cccc(Br)c2)COS1=O. The van der Waals surface area contributed by atoms with Gasteiger partial charge in [0, 0.05) is 4.47 Å².